The number of likely N-dealkylation sites (tertiary alicyclic amines) is 3. The first-order chi connectivity index (χ1) is 29.9. The third-order valence-electron chi connectivity index (χ3n) is 13.1. The molecule has 0 aliphatic carbocycles. The van der Waals surface area contributed by atoms with Gasteiger partial charge in [0.25, 0.3) is 5.91 Å². The zero-order valence-corrected chi connectivity index (χ0v) is 34.9. The number of piperidine rings is 3. The highest BCUT2D eigenvalue weighted by molar-refractivity contribution is 5.91. The molecule has 0 radical (unpaired) electrons. The van der Waals surface area contributed by atoms with Crippen molar-refractivity contribution in [1.29, 1.82) is 0 Å². The predicted molar refractivity (Wildman–Crippen MR) is 222 cm³/mol. The summed E-state index contributed by atoms with van der Waals surface area (Å²) in [6.45, 7) is 4.43. The van der Waals surface area contributed by atoms with Gasteiger partial charge in [-0.25, -0.2) is 14.4 Å². The van der Waals surface area contributed by atoms with Crippen molar-refractivity contribution in [3.8, 4) is 0 Å². The monoisotopic (exact) mass is 863 g/mol. The van der Waals surface area contributed by atoms with Crippen molar-refractivity contribution in [2.75, 3.05) is 57.7 Å². The topological polar surface area (TPSA) is 240 Å². The average molecular weight is 864 g/mol. The number of para-hydroxylation sites is 1. The van der Waals surface area contributed by atoms with Gasteiger partial charge < -0.3 is 64.2 Å². The van der Waals surface area contributed by atoms with Crippen molar-refractivity contribution >= 4 is 40.7 Å². The Morgan fingerprint density at radius 1 is 0.887 bits per heavy atom. The van der Waals surface area contributed by atoms with Crippen LogP contribution in [0.5, 0.6) is 0 Å². The normalized spacial score (nSPS) is 26.4. The molecule has 6 atom stereocenters. The van der Waals surface area contributed by atoms with Gasteiger partial charge in [-0.1, -0.05) is 24.3 Å². The second kappa shape index (κ2) is 19.1. The van der Waals surface area contributed by atoms with Crippen molar-refractivity contribution in [2.45, 2.75) is 113 Å². The number of ether oxygens (including phenoxy) is 3. The summed E-state index contributed by atoms with van der Waals surface area (Å²) >= 11 is 0. The van der Waals surface area contributed by atoms with Gasteiger partial charge in [0.15, 0.2) is 18.0 Å². The first-order valence-corrected chi connectivity index (χ1v) is 21.7. The lowest BCUT2D eigenvalue weighted by Gasteiger charge is -2.45. The third kappa shape index (κ3) is 9.77. The van der Waals surface area contributed by atoms with Crippen molar-refractivity contribution in [2.24, 2.45) is 0 Å². The minimum Gasteiger partial charge on any atom is -0.436 e. The molecule has 3 aromatic rings. The number of nitrogens with one attached hydrogen (secondary N) is 3. The molecule has 8 rings (SSSR count). The number of rotatable bonds is 10. The number of aromatic amines is 1. The van der Waals surface area contributed by atoms with Crippen LogP contribution in [0.2, 0.25) is 0 Å². The molecule has 5 amide bonds. The molecule has 5 aliphatic rings. The minimum absolute atomic E-state index is 0.0508. The van der Waals surface area contributed by atoms with E-state index >= 15 is 0 Å². The molecule has 6 N–H and O–H groups in total. The van der Waals surface area contributed by atoms with Gasteiger partial charge in [-0.05, 0) is 74.3 Å². The quantitative estimate of drug-likeness (QED) is 0.168. The Labute approximate surface area is 358 Å². The molecule has 6 heterocycles. The van der Waals surface area contributed by atoms with Gasteiger partial charge in [-0.15, -0.1) is 0 Å². The lowest BCUT2D eigenvalue weighted by molar-refractivity contribution is -0.284. The summed E-state index contributed by atoms with van der Waals surface area (Å²) in [5.41, 5.74) is 3.43. The van der Waals surface area contributed by atoms with E-state index in [9.17, 15) is 39.3 Å². The summed E-state index contributed by atoms with van der Waals surface area (Å²) in [6, 6.07) is 11.9. The van der Waals surface area contributed by atoms with Gasteiger partial charge in [-0.3, -0.25) is 14.6 Å². The molecule has 336 valence electrons. The molecule has 2 aromatic carbocycles. The Balaban J connectivity index is 0.858. The van der Waals surface area contributed by atoms with Crippen LogP contribution in [-0.2, 0) is 36.6 Å². The van der Waals surface area contributed by atoms with Crippen LogP contribution in [0.4, 0.5) is 15.3 Å². The first-order valence-electron chi connectivity index (χ1n) is 21.7. The zero-order chi connectivity index (χ0) is 43.5. The number of hydrogen-bond donors (Lipinski definition) is 6. The summed E-state index contributed by atoms with van der Waals surface area (Å²) in [5.74, 6) is -1.31. The highest BCUT2D eigenvalue weighted by atomic mass is 16.7. The minimum atomic E-state index is -1.39. The Morgan fingerprint density at radius 3 is 2.32 bits per heavy atom. The predicted octanol–water partition coefficient (Wildman–Crippen LogP) is 1.14. The van der Waals surface area contributed by atoms with Crippen LogP contribution in [0.25, 0.3) is 11.1 Å². The van der Waals surface area contributed by atoms with Gasteiger partial charge in [0, 0.05) is 76.9 Å². The van der Waals surface area contributed by atoms with Crippen LogP contribution in [0.3, 0.4) is 0 Å². The number of aliphatic hydroxyl groups is 3. The SMILES string of the molecule is CC(=O)N[C@H]1[C@H](OC2CCN(C3CCN(C(=O)[C@@H](Cc4ccc5[nH]c(=O)oc5c4)OC(=O)N4CCC(N5CCc6ccccc6NC5=O)CC4)CC3)CC2)O[C@H](CO)[C@@H](O)[C@@H]1O. The Morgan fingerprint density at radius 2 is 1.60 bits per heavy atom. The molecule has 0 spiro atoms. The Kier molecular flexibility index (Phi) is 13.5. The van der Waals surface area contributed by atoms with Crippen LogP contribution in [0.1, 0.15) is 56.6 Å². The molecular weight excluding hydrogens is 807 g/mol. The second-order valence-corrected chi connectivity index (χ2v) is 17.0. The van der Waals surface area contributed by atoms with Gasteiger partial charge >= 0.3 is 17.9 Å². The van der Waals surface area contributed by atoms with Crippen molar-refractivity contribution in [3.05, 3.63) is 64.1 Å². The highest BCUT2D eigenvalue weighted by Crippen LogP contribution is 2.29. The third-order valence-corrected chi connectivity index (χ3v) is 13.1. The number of H-pyrrole nitrogens is 1. The van der Waals surface area contributed by atoms with E-state index in [4.69, 9.17) is 18.6 Å². The van der Waals surface area contributed by atoms with E-state index in [1.807, 2.05) is 29.2 Å². The first kappa shape index (κ1) is 43.6. The molecule has 19 heteroatoms. The maximum absolute atomic E-state index is 14.3. The number of hydrogen-bond acceptors (Lipinski definition) is 13. The van der Waals surface area contributed by atoms with Crippen LogP contribution < -0.4 is 16.4 Å². The average Bonchev–Trinajstić information content (AvgIpc) is 3.56. The van der Waals surface area contributed by atoms with E-state index in [1.54, 1.807) is 28.0 Å². The molecule has 0 saturated carbocycles. The van der Waals surface area contributed by atoms with Crippen LogP contribution in [0.15, 0.2) is 51.7 Å². The van der Waals surface area contributed by atoms with Crippen molar-refractivity contribution in [3.63, 3.8) is 0 Å². The zero-order valence-electron chi connectivity index (χ0n) is 34.9. The largest absolute Gasteiger partial charge is 0.436 e. The lowest BCUT2D eigenvalue weighted by atomic mass is 9.96. The molecule has 5 aliphatic heterocycles. The van der Waals surface area contributed by atoms with E-state index < -0.39 is 61.1 Å². The van der Waals surface area contributed by atoms with E-state index in [0.717, 1.165) is 17.7 Å². The lowest BCUT2D eigenvalue weighted by Crippen LogP contribution is -2.65. The molecular formula is C43H57N7O12. The molecule has 0 bridgehead atoms. The summed E-state index contributed by atoms with van der Waals surface area (Å²) in [7, 11) is 0. The maximum atomic E-state index is 14.3. The Bertz CT molecular complexity index is 2120. The summed E-state index contributed by atoms with van der Waals surface area (Å²) in [6.07, 6.45) is -2.19. The number of oxazole rings is 1. The molecule has 1 aromatic heterocycles. The number of aromatic nitrogens is 1. The fourth-order valence-corrected chi connectivity index (χ4v) is 9.61. The number of nitrogens with zero attached hydrogens (tertiary/aromatic N) is 4. The van der Waals surface area contributed by atoms with Gasteiger partial charge in [0.2, 0.25) is 5.91 Å². The maximum Gasteiger partial charge on any atom is 0.417 e. The van der Waals surface area contributed by atoms with Crippen LogP contribution >= 0.6 is 0 Å². The van der Waals surface area contributed by atoms with Gasteiger partial charge in [0.05, 0.1) is 18.2 Å². The van der Waals surface area contributed by atoms with E-state index in [1.165, 1.54) is 6.92 Å². The van der Waals surface area contributed by atoms with Crippen LogP contribution in [-0.4, -0.2) is 171 Å². The van der Waals surface area contributed by atoms with E-state index in [2.05, 4.69) is 20.5 Å². The fraction of sp³-hybridized carbons (Fsp3) is 0.605. The van der Waals surface area contributed by atoms with Crippen LogP contribution in [0, 0.1) is 0 Å². The highest BCUT2D eigenvalue weighted by Gasteiger charge is 2.46. The summed E-state index contributed by atoms with van der Waals surface area (Å²) in [5, 5.41) is 36.4. The Hall–Kier alpha value is -5.05. The van der Waals surface area contributed by atoms with Crippen molar-refractivity contribution < 1.29 is 53.1 Å². The number of aliphatic hydroxyl groups excluding tert-OH is 3. The number of carbonyl (C=O) groups is 4. The number of carbonyl (C=O) groups excluding carboxylic acids is 4. The number of anilines is 1. The van der Waals surface area contributed by atoms with Gasteiger partial charge in [0.1, 0.15) is 24.4 Å². The number of benzene rings is 2. The van der Waals surface area contributed by atoms with Gasteiger partial charge in [-0.2, -0.15) is 0 Å². The molecule has 62 heavy (non-hydrogen) atoms. The molecule has 4 fully saturated rings. The van der Waals surface area contributed by atoms with E-state index in [0.29, 0.717) is 101 Å². The standard InChI is InChI=1S/C43H57N7O12/c1-25(52)44-36-38(54)37(53)35(24-51)60-40(36)59-30-13-19-47(20-14-30)28-9-15-48(16-10-28)39(55)34(23-26-6-7-32-33(22-26)61-42(57)46-32)62-43(58)49-17-11-29(12-18-49)50-21-8-27-4-2-3-5-31(27)45-41(50)56/h2-7,22,28-30,34-38,40,51,53-54H,8-21,23-24H2,1H3,(H,44,52)(H,45,56)(H,46,57)/t34-,35-,36-,37-,38-,40-/m1/s1. The fourth-order valence-electron chi connectivity index (χ4n) is 9.61. The summed E-state index contributed by atoms with van der Waals surface area (Å²) in [4.78, 5) is 75.2. The molecule has 0 unspecified atom stereocenters. The molecule has 19 nitrogen and oxygen atoms in total. The summed E-state index contributed by atoms with van der Waals surface area (Å²) < 4.78 is 23.3. The smallest absolute Gasteiger partial charge is 0.417 e. The number of urea groups is 1. The van der Waals surface area contributed by atoms with Crippen molar-refractivity contribution in [1.82, 2.24) is 29.9 Å². The second-order valence-electron chi connectivity index (χ2n) is 17.0. The van der Waals surface area contributed by atoms with E-state index in [-0.39, 0.29) is 36.5 Å². The molecule has 4 saturated heterocycles. The number of fused-ring (bicyclic) bond motifs is 2. The number of amides is 5.